The molecule has 1 aliphatic rings. The molecule has 1 fully saturated rings. The van der Waals surface area contributed by atoms with Crippen molar-refractivity contribution < 1.29 is 12.8 Å². The molecule has 1 saturated heterocycles. The molecule has 3 nitrogen and oxygen atoms in total. The predicted molar refractivity (Wildman–Crippen MR) is 73.6 cm³/mol. The Morgan fingerprint density at radius 3 is 2.68 bits per heavy atom. The standard InChI is InChI=1S/C14H20FNO2S/c1-10-7-13(15)11(9-14(10)19(2,17)18)8-12-5-3-4-6-16-12/h7,9,12,16H,3-6,8H2,1-2H3. The van der Waals surface area contributed by atoms with Gasteiger partial charge in [0.1, 0.15) is 5.82 Å². The molecule has 0 aromatic heterocycles. The second-order valence-electron chi connectivity index (χ2n) is 5.33. The highest BCUT2D eigenvalue weighted by molar-refractivity contribution is 7.90. The molecule has 1 N–H and O–H groups in total. The van der Waals surface area contributed by atoms with E-state index < -0.39 is 9.84 Å². The summed E-state index contributed by atoms with van der Waals surface area (Å²) in [6.07, 6.45) is 5.03. The molecule has 19 heavy (non-hydrogen) atoms. The van der Waals surface area contributed by atoms with Crippen LogP contribution >= 0.6 is 0 Å². The molecular weight excluding hydrogens is 265 g/mol. The predicted octanol–water partition coefficient (Wildman–Crippen LogP) is 2.22. The van der Waals surface area contributed by atoms with E-state index in [1.54, 1.807) is 6.92 Å². The van der Waals surface area contributed by atoms with E-state index in [2.05, 4.69) is 5.32 Å². The number of aryl methyl sites for hydroxylation is 1. The number of piperidine rings is 1. The van der Waals surface area contributed by atoms with Crippen LogP contribution < -0.4 is 5.32 Å². The maximum absolute atomic E-state index is 14.0. The number of benzene rings is 1. The second kappa shape index (κ2) is 5.59. The molecule has 1 aromatic rings. The van der Waals surface area contributed by atoms with Crippen molar-refractivity contribution in [2.75, 3.05) is 12.8 Å². The highest BCUT2D eigenvalue weighted by atomic mass is 32.2. The Hall–Kier alpha value is -0.940. The minimum atomic E-state index is -3.30. The van der Waals surface area contributed by atoms with E-state index in [0.717, 1.165) is 32.1 Å². The van der Waals surface area contributed by atoms with Gasteiger partial charge in [0.15, 0.2) is 9.84 Å². The molecular formula is C14H20FNO2S. The van der Waals surface area contributed by atoms with Gasteiger partial charge in [-0.25, -0.2) is 12.8 Å². The van der Waals surface area contributed by atoms with Crippen molar-refractivity contribution >= 4 is 9.84 Å². The molecule has 0 aliphatic carbocycles. The molecule has 1 aliphatic heterocycles. The summed E-state index contributed by atoms with van der Waals surface area (Å²) in [6, 6.07) is 3.07. The Morgan fingerprint density at radius 1 is 1.37 bits per heavy atom. The SMILES string of the molecule is Cc1cc(F)c(CC2CCCCN2)cc1S(C)(=O)=O. The van der Waals surface area contributed by atoms with E-state index >= 15 is 0 Å². The minimum Gasteiger partial charge on any atom is -0.314 e. The Balaban J connectivity index is 2.29. The van der Waals surface area contributed by atoms with Crippen LogP contribution in [0, 0.1) is 12.7 Å². The molecule has 1 atom stereocenters. The van der Waals surface area contributed by atoms with E-state index in [1.807, 2.05) is 0 Å². The van der Waals surface area contributed by atoms with E-state index in [-0.39, 0.29) is 16.8 Å². The van der Waals surface area contributed by atoms with Gasteiger partial charge in [-0.1, -0.05) is 6.42 Å². The zero-order chi connectivity index (χ0) is 14.0. The Kier molecular flexibility index (Phi) is 4.26. The highest BCUT2D eigenvalue weighted by Crippen LogP contribution is 2.22. The van der Waals surface area contributed by atoms with Crippen molar-refractivity contribution in [3.63, 3.8) is 0 Å². The van der Waals surface area contributed by atoms with Crippen LogP contribution in [-0.2, 0) is 16.3 Å². The lowest BCUT2D eigenvalue weighted by molar-refractivity contribution is 0.395. The van der Waals surface area contributed by atoms with Crippen LogP contribution in [0.15, 0.2) is 17.0 Å². The van der Waals surface area contributed by atoms with Crippen molar-refractivity contribution in [3.8, 4) is 0 Å². The summed E-state index contributed by atoms with van der Waals surface area (Å²) in [4.78, 5) is 0.236. The average molecular weight is 285 g/mol. The Morgan fingerprint density at radius 2 is 2.11 bits per heavy atom. The highest BCUT2D eigenvalue weighted by Gasteiger charge is 2.19. The topological polar surface area (TPSA) is 46.2 Å². The zero-order valence-electron chi connectivity index (χ0n) is 11.4. The lowest BCUT2D eigenvalue weighted by atomic mass is 9.97. The van der Waals surface area contributed by atoms with Gasteiger partial charge in [0.2, 0.25) is 0 Å². The third-order valence-corrected chi connectivity index (χ3v) is 4.86. The van der Waals surface area contributed by atoms with Crippen molar-refractivity contribution in [1.29, 1.82) is 0 Å². The first kappa shape index (κ1) is 14.5. The quantitative estimate of drug-likeness (QED) is 0.866. The zero-order valence-corrected chi connectivity index (χ0v) is 12.2. The third kappa shape index (κ3) is 3.54. The van der Waals surface area contributed by atoms with Crippen LogP contribution in [0.1, 0.15) is 30.4 Å². The molecule has 2 rings (SSSR count). The van der Waals surface area contributed by atoms with E-state index in [0.29, 0.717) is 17.5 Å². The van der Waals surface area contributed by atoms with E-state index in [9.17, 15) is 12.8 Å². The molecule has 1 aromatic carbocycles. The molecule has 0 spiro atoms. The minimum absolute atomic E-state index is 0.236. The summed E-state index contributed by atoms with van der Waals surface area (Å²) in [5.41, 5.74) is 0.964. The fraction of sp³-hybridized carbons (Fsp3) is 0.571. The Bertz CT molecular complexity index is 563. The lowest BCUT2D eigenvalue weighted by Crippen LogP contribution is -2.35. The van der Waals surface area contributed by atoms with Crippen molar-refractivity contribution in [2.45, 2.75) is 43.5 Å². The van der Waals surface area contributed by atoms with Crippen LogP contribution in [0.2, 0.25) is 0 Å². The smallest absolute Gasteiger partial charge is 0.175 e. The number of halogens is 1. The monoisotopic (exact) mass is 285 g/mol. The van der Waals surface area contributed by atoms with E-state index in [4.69, 9.17) is 0 Å². The first-order valence-electron chi connectivity index (χ1n) is 6.60. The van der Waals surface area contributed by atoms with Gasteiger partial charge < -0.3 is 5.32 Å². The molecule has 0 radical (unpaired) electrons. The van der Waals surface area contributed by atoms with Crippen molar-refractivity contribution in [1.82, 2.24) is 5.32 Å². The molecule has 0 saturated carbocycles. The fourth-order valence-corrected chi connectivity index (χ4v) is 3.61. The van der Waals surface area contributed by atoms with Crippen LogP contribution in [0.3, 0.4) is 0 Å². The molecule has 0 bridgehead atoms. The van der Waals surface area contributed by atoms with Gasteiger partial charge in [-0.3, -0.25) is 0 Å². The second-order valence-corrected chi connectivity index (χ2v) is 7.32. The number of rotatable bonds is 3. The summed E-state index contributed by atoms with van der Waals surface area (Å²) in [6.45, 7) is 2.58. The van der Waals surface area contributed by atoms with Gasteiger partial charge in [0.25, 0.3) is 0 Å². The maximum Gasteiger partial charge on any atom is 0.175 e. The van der Waals surface area contributed by atoms with Gasteiger partial charge in [0.05, 0.1) is 4.90 Å². The van der Waals surface area contributed by atoms with E-state index in [1.165, 1.54) is 12.1 Å². The average Bonchev–Trinajstić information content (AvgIpc) is 2.32. The Labute approximate surface area is 114 Å². The third-order valence-electron chi connectivity index (χ3n) is 3.62. The molecule has 1 heterocycles. The summed E-state index contributed by atoms with van der Waals surface area (Å²) >= 11 is 0. The van der Waals surface area contributed by atoms with Crippen LogP contribution in [-0.4, -0.2) is 27.3 Å². The maximum atomic E-state index is 14.0. The largest absolute Gasteiger partial charge is 0.314 e. The van der Waals surface area contributed by atoms with Gasteiger partial charge in [-0.15, -0.1) is 0 Å². The summed E-state index contributed by atoms with van der Waals surface area (Å²) < 4.78 is 37.3. The number of hydrogen-bond acceptors (Lipinski definition) is 3. The van der Waals surface area contributed by atoms with Crippen molar-refractivity contribution in [2.24, 2.45) is 0 Å². The van der Waals surface area contributed by atoms with Crippen LogP contribution in [0.4, 0.5) is 4.39 Å². The normalized spacial score (nSPS) is 20.5. The van der Waals surface area contributed by atoms with Gasteiger partial charge in [-0.05, 0) is 56.0 Å². The van der Waals surface area contributed by atoms with Gasteiger partial charge in [-0.2, -0.15) is 0 Å². The van der Waals surface area contributed by atoms with Crippen LogP contribution in [0.25, 0.3) is 0 Å². The first-order valence-corrected chi connectivity index (χ1v) is 8.49. The van der Waals surface area contributed by atoms with Gasteiger partial charge >= 0.3 is 0 Å². The summed E-state index contributed by atoms with van der Waals surface area (Å²) in [5, 5.41) is 3.35. The first-order chi connectivity index (χ1) is 8.88. The van der Waals surface area contributed by atoms with Gasteiger partial charge in [0, 0.05) is 12.3 Å². The van der Waals surface area contributed by atoms with Crippen LogP contribution in [0.5, 0.6) is 0 Å². The molecule has 0 amide bonds. The fourth-order valence-electron chi connectivity index (χ4n) is 2.61. The molecule has 5 heteroatoms. The summed E-state index contributed by atoms with van der Waals surface area (Å²) in [7, 11) is -3.30. The van der Waals surface area contributed by atoms with Crippen molar-refractivity contribution in [3.05, 3.63) is 29.1 Å². The number of hydrogen-bond donors (Lipinski definition) is 1. The molecule has 106 valence electrons. The lowest BCUT2D eigenvalue weighted by Gasteiger charge is -2.24. The number of sulfone groups is 1. The number of nitrogens with one attached hydrogen (secondary N) is 1. The molecule has 1 unspecified atom stereocenters. The summed E-state index contributed by atoms with van der Waals surface area (Å²) in [5.74, 6) is -0.308.